The number of rotatable bonds is 6. The molecule has 1 aromatic heterocycles. The highest BCUT2D eigenvalue weighted by molar-refractivity contribution is 7.75. The first-order valence-corrected chi connectivity index (χ1v) is 8.82. The molecule has 3 fully saturated rings. The molecule has 12 nitrogen and oxygen atoms in total. The van der Waals surface area contributed by atoms with Crippen LogP contribution < -0.4 is 10.8 Å². The van der Waals surface area contributed by atoms with Gasteiger partial charge in [0.1, 0.15) is 6.04 Å². The first-order chi connectivity index (χ1) is 12.7. The van der Waals surface area contributed by atoms with Gasteiger partial charge < -0.3 is 10.2 Å². The molecule has 0 aromatic carbocycles. The van der Waals surface area contributed by atoms with Gasteiger partial charge in [0.2, 0.25) is 0 Å². The molecule has 142 valence electrons. The second kappa shape index (κ2) is 7.34. The molecule has 26 heavy (non-hydrogen) atoms. The van der Waals surface area contributed by atoms with E-state index in [1.54, 1.807) is 4.80 Å². The van der Waals surface area contributed by atoms with E-state index in [1.165, 1.54) is 16.3 Å². The van der Waals surface area contributed by atoms with E-state index < -0.39 is 6.04 Å². The number of fused-ring (bicyclic) bond motifs is 2. The molecule has 3 aliphatic rings. The minimum Gasteiger partial charge on any atom is -0.309 e. The molecule has 3 amide bonds. The summed E-state index contributed by atoms with van der Waals surface area (Å²) in [6.07, 6.45) is 3.41. The topological polar surface area (TPSA) is 127 Å². The number of thiol groups is 1. The van der Waals surface area contributed by atoms with Crippen LogP contribution in [-0.2, 0) is 13.9 Å². The van der Waals surface area contributed by atoms with E-state index >= 15 is 0 Å². The van der Waals surface area contributed by atoms with E-state index in [1.807, 2.05) is 0 Å². The highest BCUT2D eigenvalue weighted by Crippen LogP contribution is 2.30. The average molecular weight is 384 g/mol. The molecule has 2 N–H and O–H groups in total. The van der Waals surface area contributed by atoms with Gasteiger partial charge in [-0.25, -0.2) is 14.6 Å². The van der Waals surface area contributed by atoms with Gasteiger partial charge in [0.15, 0.2) is 6.33 Å². The number of piperidine rings is 1. The Morgan fingerprint density at radius 3 is 3.08 bits per heavy atom. The largest absolute Gasteiger partial charge is 0.345 e. The summed E-state index contributed by atoms with van der Waals surface area (Å²) in [5.41, 5.74) is 2.46. The van der Waals surface area contributed by atoms with E-state index in [2.05, 4.69) is 39.1 Å². The van der Waals surface area contributed by atoms with E-state index in [-0.39, 0.29) is 30.1 Å². The van der Waals surface area contributed by atoms with Crippen molar-refractivity contribution in [2.45, 2.75) is 43.4 Å². The van der Waals surface area contributed by atoms with Crippen molar-refractivity contribution in [3.8, 4) is 0 Å². The van der Waals surface area contributed by atoms with Crippen molar-refractivity contribution in [2.24, 2.45) is 0 Å². The van der Waals surface area contributed by atoms with E-state index in [4.69, 9.17) is 9.12 Å². The smallest absolute Gasteiger partial charge is 0.309 e. The minimum atomic E-state index is -0.559. The molecule has 4 atom stereocenters. The molecule has 0 saturated carbocycles. The molecule has 13 heteroatoms. The summed E-state index contributed by atoms with van der Waals surface area (Å²) in [5.74, 6) is -0.328. The van der Waals surface area contributed by atoms with Crippen LogP contribution in [0.2, 0.25) is 0 Å². The Hall–Kier alpha value is -1.96. The molecule has 2 bridgehead atoms. The van der Waals surface area contributed by atoms with E-state index in [0.717, 1.165) is 6.42 Å². The van der Waals surface area contributed by atoms with Gasteiger partial charge in [-0.05, 0) is 24.5 Å². The third-order valence-corrected chi connectivity index (χ3v) is 5.24. The summed E-state index contributed by atoms with van der Waals surface area (Å²) in [5, 5.41) is 16.1. The first-order valence-electron chi connectivity index (χ1n) is 8.46. The fourth-order valence-corrected chi connectivity index (χ4v) is 3.94. The lowest BCUT2D eigenvalue weighted by molar-refractivity contribution is -0.139. The lowest BCUT2D eigenvalue weighted by atomic mass is 10.0. The third-order valence-electron chi connectivity index (χ3n) is 5.06. The Kier molecular flexibility index (Phi) is 4.93. The van der Waals surface area contributed by atoms with Crippen molar-refractivity contribution in [3.05, 3.63) is 6.33 Å². The van der Waals surface area contributed by atoms with Gasteiger partial charge in [0.25, 0.3) is 5.91 Å². The molecule has 0 aliphatic carbocycles. The normalized spacial score (nSPS) is 30.9. The third kappa shape index (κ3) is 3.22. The molecular formula is C13H20N8O4S. The molecule has 2 unspecified atom stereocenters. The quantitative estimate of drug-likeness (QED) is 0.313. The van der Waals surface area contributed by atoms with Crippen LogP contribution in [0.3, 0.4) is 0 Å². The van der Waals surface area contributed by atoms with Crippen molar-refractivity contribution < 1.29 is 18.7 Å². The fourth-order valence-electron chi connectivity index (χ4n) is 3.74. The predicted molar refractivity (Wildman–Crippen MR) is 88.2 cm³/mol. The lowest BCUT2D eigenvalue weighted by Crippen LogP contribution is -2.50. The van der Waals surface area contributed by atoms with Crippen LogP contribution in [0, 0.1) is 0 Å². The average Bonchev–Trinajstić information content (AvgIpc) is 3.37. The Morgan fingerprint density at radius 2 is 2.31 bits per heavy atom. The Morgan fingerprint density at radius 1 is 1.42 bits per heavy atom. The van der Waals surface area contributed by atoms with Crippen molar-refractivity contribution in [1.82, 2.24) is 41.0 Å². The number of hydrogen-bond acceptors (Lipinski definition) is 9. The Labute approximate surface area is 154 Å². The van der Waals surface area contributed by atoms with E-state index in [9.17, 15) is 9.59 Å². The van der Waals surface area contributed by atoms with Crippen LogP contribution >= 0.6 is 12.9 Å². The maximum atomic E-state index is 12.4. The fraction of sp³-hybridized carbons (Fsp3) is 0.769. The monoisotopic (exact) mass is 384 g/mol. The molecule has 0 radical (unpaired) electrons. The number of urea groups is 1. The molecule has 4 heterocycles. The molecule has 0 spiro atoms. The van der Waals surface area contributed by atoms with Crippen LogP contribution in [0.5, 0.6) is 0 Å². The zero-order valence-corrected chi connectivity index (χ0v) is 14.8. The summed E-state index contributed by atoms with van der Waals surface area (Å²) in [6.45, 7) is 1.48. The number of nitrogens with zero attached hydrogens (tertiary/aromatic N) is 6. The number of nitrogens with one attached hydrogen (secondary N) is 2. The summed E-state index contributed by atoms with van der Waals surface area (Å²) in [7, 11) is 0. The number of hydroxylamine groups is 3. The molecule has 4 rings (SSSR count). The molecule has 3 saturated heterocycles. The summed E-state index contributed by atoms with van der Waals surface area (Å²) in [4.78, 5) is 33.0. The maximum Gasteiger partial charge on any atom is 0.345 e. The van der Waals surface area contributed by atoms with Crippen LogP contribution in [0.4, 0.5) is 4.79 Å². The maximum absolute atomic E-state index is 12.4. The van der Waals surface area contributed by atoms with Crippen LogP contribution in [0.25, 0.3) is 0 Å². The standard InChI is InChI=1S/C13H20N8O4S/c22-12(11-2-1-9-5-19(11)13(23)20(9)25-26)17-24-6-8-3-10(4-14-8)21-16-7-15-18-21/h7-11,14,26H,1-6H2,(H,17,22)/t8-,9?,10-,11?/m1/s1. The van der Waals surface area contributed by atoms with Crippen molar-refractivity contribution in [1.29, 1.82) is 0 Å². The van der Waals surface area contributed by atoms with Gasteiger partial charge >= 0.3 is 6.03 Å². The van der Waals surface area contributed by atoms with E-state index in [0.29, 0.717) is 32.5 Å². The predicted octanol–water partition coefficient (Wildman–Crippen LogP) is -1.33. The number of amides is 3. The molecular weight excluding hydrogens is 364 g/mol. The molecule has 1 aromatic rings. The number of tetrazole rings is 1. The van der Waals surface area contributed by atoms with Gasteiger partial charge in [0, 0.05) is 32.0 Å². The second-order valence-corrected chi connectivity index (χ2v) is 6.78. The van der Waals surface area contributed by atoms with Crippen molar-refractivity contribution in [3.63, 3.8) is 0 Å². The Bertz CT molecular complexity index is 661. The summed E-state index contributed by atoms with van der Waals surface area (Å²) < 4.78 is 4.80. The van der Waals surface area contributed by atoms with Crippen molar-refractivity contribution >= 4 is 24.8 Å². The number of aromatic nitrogens is 4. The zero-order valence-electron chi connectivity index (χ0n) is 13.9. The van der Waals surface area contributed by atoms with Gasteiger partial charge in [-0.1, -0.05) is 0 Å². The van der Waals surface area contributed by atoms with Gasteiger partial charge in [-0.2, -0.15) is 9.86 Å². The highest BCUT2D eigenvalue weighted by atomic mass is 32.1. The van der Waals surface area contributed by atoms with Crippen LogP contribution in [0.15, 0.2) is 6.33 Å². The SMILES string of the molecule is O=C(NOC[C@H]1C[C@@H](n2ncnn2)CN1)C1CCC2CN1C(=O)N2OS. The van der Waals surface area contributed by atoms with Gasteiger partial charge in [0.05, 0.1) is 18.7 Å². The van der Waals surface area contributed by atoms with Gasteiger partial charge in [-0.15, -0.1) is 10.2 Å². The summed E-state index contributed by atoms with van der Waals surface area (Å²) in [6, 6.07) is -0.774. The lowest BCUT2D eigenvalue weighted by Gasteiger charge is -2.29. The Balaban J connectivity index is 1.23. The number of hydrogen-bond donors (Lipinski definition) is 3. The first kappa shape index (κ1) is 17.5. The highest BCUT2D eigenvalue weighted by Gasteiger charge is 2.48. The number of carbonyl (C=O) groups is 2. The van der Waals surface area contributed by atoms with Gasteiger partial charge in [-0.3, -0.25) is 9.63 Å². The second-order valence-electron chi connectivity index (χ2n) is 6.62. The van der Waals surface area contributed by atoms with Crippen LogP contribution in [0.1, 0.15) is 25.3 Å². The minimum absolute atomic E-state index is 0.0602. The zero-order chi connectivity index (χ0) is 18.1. The van der Waals surface area contributed by atoms with Crippen molar-refractivity contribution in [2.75, 3.05) is 19.7 Å². The molecule has 3 aliphatic heterocycles. The summed E-state index contributed by atoms with van der Waals surface area (Å²) >= 11 is 3.71. The number of carbonyl (C=O) groups excluding carboxylic acids is 2. The van der Waals surface area contributed by atoms with Crippen LogP contribution in [-0.4, -0.2) is 79.9 Å².